The van der Waals surface area contributed by atoms with Gasteiger partial charge < -0.3 is 5.73 Å². The second-order valence-electron chi connectivity index (χ2n) is 4.52. The van der Waals surface area contributed by atoms with Crippen LogP contribution in [0.5, 0.6) is 0 Å². The number of nitrogens with zero attached hydrogens (tertiary/aromatic N) is 1. The van der Waals surface area contributed by atoms with E-state index >= 15 is 0 Å². The molecule has 18 heavy (non-hydrogen) atoms. The van der Waals surface area contributed by atoms with Gasteiger partial charge >= 0.3 is 0 Å². The van der Waals surface area contributed by atoms with Crippen LogP contribution in [0.15, 0.2) is 67.0 Å². The van der Waals surface area contributed by atoms with Crippen molar-refractivity contribution in [3.8, 4) is 0 Å². The summed E-state index contributed by atoms with van der Waals surface area (Å²) >= 11 is 0. The van der Waals surface area contributed by atoms with Crippen LogP contribution in [0.4, 0.5) is 0 Å². The topological polar surface area (TPSA) is 29.9 Å². The highest BCUT2D eigenvalue weighted by atomic mass is 15.0. The van der Waals surface area contributed by atoms with Crippen molar-refractivity contribution in [3.05, 3.63) is 67.0 Å². The molecule has 88 valence electrons. The molecule has 1 heterocycles. The number of fused-ring (bicyclic) bond motifs is 3. The molecule has 2 N–H and O–H groups in total. The van der Waals surface area contributed by atoms with Gasteiger partial charge in [0.05, 0.1) is 11.1 Å². The molecule has 0 atom stereocenters. The molecule has 2 nitrogen and oxygen atoms in total. The van der Waals surface area contributed by atoms with Crippen molar-refractivity contribution < 1.29 is 4.57 Å². The Kier molecular flexibility index (Phi) is 2.49. The number of pyridine rings is 1. The van der Waals surface area contributed by atoms with Gasteiger partial charge in [-0.3, -0.25) is 0 Å². The first-order valence-corrected chi connectivity index (χ1v) is 5.99. The molecule has 2 aromatic carbocycles. The van der Waals surface area contributed by atoms with Crippen molar-refractivity contribution in [2.24, 2.45) is 5.73 Å². The molecule has 0 aliphatic rings. The Balaban J connectivity index is 2.42. The van der Waals surface area contributed by atoms with E-state index in [4.69, 9.17) is 5.73 Å². The first kappa shape index (κ1) is 10.8. The van der Waals surface area contributed by atoms with E-state index in [2.05, 4.69) is 59.8 Å². The molecule has 0 saturated carbocycles. The van der Waals surface area contributed by atoms with Crippen LogP contribution in [0.25, 0.3) is 21.7 Å². The number of allylic oxidation sites excluding steroid dienone is 1. The summed E-state index contributed by atoms with van der Waals surface area (Å²) in [5.41, 5.74) is 7.59. The molecule has 0 aliphatic carbocycles. The third kappa shape index (κ3) is 1.72. The Morgan fingerprint density at radius 2 is 1.67 bits per heavy atom. The maximum absolute atomic E-state index is 5.74. The lowest BCUT2D eigenvalue weighted by atomic mass is 10.1. The molecule has 0 amide bonds. The molecule has 0 bridgehead atoms. The van der Waals surface area contributed by atoms with Gasteiger partial charge in [0.1, 0.15) is 0 Å². The van der Waals surface area contributed by atoms with Crippen molar-refractivity contribution in [1.29, 1.82) is 0 Å². The van der Waals surface area contributed by atoms with Crippen molar-refractivity contribution in [3.63, 3.8) is 0 Å². The maximum atomic E-state index is 5.74. The van der Waals surface area contributed by atoms with Crippen LogP contribution in [0.3, 0.4) is 0 Å². The van der Waals surface area contributed by atoms with Gasteiger partial charge in [-0.25, -0.2) is 0 Å². The van der Waals surface area contributed by atoms with Crippen LogP contribution < -0.4 is 10.3 Å². The van der Waals surface area contributed by atoms with Gasteiger partial charge in [-0.15, -0.1) is 0 Å². The van der Waals surface area contributed by atoms with Crippen molar-refractivity contribution in [2.45, 2.75) is 6.54 Å². The second kappa shape index (κ2) is 4.15. The smallest absolute Gasteiger partial charge is 0.213 e. The summed E-state index contributed by atoms with van der Waals surface area (Å²) in [4.78, 5) is 0. The van der Waals surface area contributed by atoms with Crippen LogP contribution in [-0.4, -0.2) is 0 Å². The Morgan fingerprint density at radius 1 is 1.00 bits per heavy atom. The van der Waals surface area contributed by atoms with E-state index < -0.39 is 0 Å². The van der Waals surface area contributed by atoms with Crippen LogP contribution >= 0.6 is 0 Å². The number of rotatable bonds is 2. The van der Waals surface area contributed by atoms with Crippen LogP contribution in [-0.2, 0) is 6.54 Å². The number of para-hydroxylation sites is 1. The molecular formula is C16H15N2+. The van der Waals surface area contributed by atoms with Crippen LogP contribution in [0.1, 0.15) is 0 Å². The summed E-state index contributed by atoms with van der Waals surface area (Å²) in [6.45, 7) is 4.44. The molecule has 3 rings (SSSR count). The first-order chi connectivity index (χ1) is 8.75. The number of nitrogens with two attached hydrogens (primary N) is 1. The zero-order valence-electron chi connectivity index (χ0n) is 10.1. The van der Waals surface area contributed by atoms with Gasteiger partial charge in [0, 0.05) is 16.8 Å². The lowest BCUT2D eigenvalue weighted by Crippen LogP contribution is -2.36. The average molecular weight is 235 g/mol. The summed E-state index contributed by atoms with van der Waals surface area (Å²) in [6.07, 6.45) is 2.13. The summed E-state index contributed by atoms with van der Waals surface area (Å²) < 4.78 is 2.15. The minimum absolute atomic E-state index is 0.644. The summed E-state index contributed by atoms with van der Waals surface area (Å²) in [5.74, 6) is 0. The van der Waals surface area contributed by atoms with Crippen LogP contribution in [0, 0.1) is 0 Å². The fourth-order valence-corrected chi connectivity index (χ4v) is 2.39. The molecular weight excluding hydrogens is 220 g/mol. The van der Waals surface area contributed by atoms with Crippen molar-refractivity contribution in [2.75, 3.05) is 0 Å². The summed E-state index contributed by atoms with van der Waals surface area (Å²) in [6, 6.07) is 16.8. The quantitative estimate of drug-likeness (QED) is 0.537. The van der Waals surface area contributed by atoms with Gasteiger partial charge in [0.25, 0.3) is 0 Å². The fraction of sp³-hybridized carbons (Fsp3) is 0.0625. The van der Waals surface area contributed by atoms with E-state index in [1.807, 2.05) is 6.07 Å². The van der Waals surface area contributed by atoms with Gasteiger partial charge in [-0.1, -0.05) is 36.9 Å². The molecule has 0 aliphatic heterocycles. The SMILES string of the molecule is C=C(N)C[n+]1cc2ccccc2c2ccccc21. The van der Waals surface area contributed by atoms with Gasteiger partial charge in [0.2, 0.25) is 5.52 Å². The molecule has 0 radical (unpaired) electrons. The maximum Gasteiger partial charge on any atom is 0.213 e. The normalized spacial score (nSPS) is 10.9. The van der Waals surface area contributed by atoms with Gasteiger partial charge in [-0.2, -0.15) is 4.57 Å². The van der Waals surface area contributed by atoms with Gasteiger partial charge in [0.15, 0.2) is 12.7 Å². The minimum Gasteiger partial charge on any atom is -0.397 e. The molecule has 0 unspecified atom stereocenters. The summed E-state index contributed by atoms with van der Waals surface area (Å²) in [5, 5.41) is 3.74. The lowest BCUT2D eigenvalue weighted by molar-refractivity contribution is -0.661. The van der Waals surface area contributed by atoms with E-state index in [-0.39, 0.29) is 0 Å². The van der Waals surface area contributed by atoms with E-state index in [1.54, 1.807) is 0 Å². The molecule has 1 aromatic heterocycles. The fourth-order valence-electron chi connectivity index (χ4n) is 2.39. The highest BCUT2D eigenvalue weighted by Crippen LogP contribution is 2.21. The standard InChI is InChI=1S/C16H15N2/c1-12(17)10-18-11-13-6-2-3-7-14(13)15-8-4-5-9-16(15)18/h2-9,11H,1,10,17H2/q+1. The Bertz CT molecular complexity index is 744. The second-order valence-corrected chi connectivity index (χ2v) is 4.52. The number of hydrogen-bond acceptors (Lipinski definition) is 1. The van der Waals surface area contributed by atoms with E-state index in [9.17, 15) is 0 Å². The lowest BCUT2D eigenvalue weighted by Gasteiger charge is -2.05. The van der Waals surface area contributed by atoms with Crippen molar-refractivity contribution in [1.82, 2.24) is 0 Å². The Labute approximate surface area is 106 Å². The van der Waals surface area contributed by atoms with Gasteiger partial charge in [-0.05, 0) is 12.1 Å². The van der Waals surface area contributed by atoms with E-state index in [1.165, 1.54) is 21.7 Å². The highest BCUT2D eigenvalue weighted by molar-refractivity contribution is 6.03. The zero-order chi connectivity index (χ0) is 12.5. The number of benzene rings is 2. The van der Waals surface area contributed by atoms with Crippen LogP contribution in [0.2, 0.25) is 0 Å². The predicted octanol–water partition coefficient (Wildman–Crippen LogP) is 2.75. The highest BCUT2D eigenvalue weighted by Gasteiger charge is 2.12. The monoisotopic (exact) mass is 235 g/mol. The average Bonchev–Trinajstić information content (AvgIpc) is 2.38. The first-order valence-electron chi connectivity index (χ1n) is 5.99. The molecule has 2 heteroatoms. The number of aromatic nitrogens is 1. The molecule has 0 saturated heterocycles. The number of hydrogen-bond donors (Lipinski definition) is 1. The molecule has 3 aromatic rings. The zero-order valence-corrected chi connectivity index (χ0v) is 10.1. The Morgan fingerprint density at radius 3 is 2.44 bits per heavy atom. The minimum atomic E-state index is 0.644. The third-order valence-electron chi connectivity index (χ3n) is 3.13. The summed E-state index contributed by atoms with van der Waals surface area (Å²) in [7, 11) is 0. The largest absolute Gasteiger partial charge is 0.397 e. The molecule has 0 spiro atoms. The van der Waals surface area contributed by atoms with E-state index in [0.717, 1.165) is 0 Å². The Hall–Kier alpha value is -2.35. The van der Waals surface area contributed by atoms with Crippen molar-refractivity contribution >= 4 is 21.7 Å². The predicted molar refractivity (Wildman–Crippen MR) is 75.0 cm³/mol. The molecule has 0 fully saturated rings. The third-order valence-corrected chi connectivity index (χ3v) is 3.13. The van der Waals surface area contributed by atoms with E-state index in [0.29, 0.717) is 12.2 Å².